The van der Waals surface area contributed by atoms with Gasteiger partial charge in [0.05, 0.1) is 13.7 Å². The molecule has 0 amide bonds. The highest BCUT2D eigenvalue weighted by molar-refractivity contribution is 5.43. The van der Waals surface area contributed by atoms with Crippen LogP contribution < -0.4 is 9.47 Å². The molecule has 6 rings (SSSR count). The summed E-state index contributed by atoms with van der Waals surface area (Å²) < 4.78 is 12.1. The smallest absolute Gasteiger partial charge is 0.161 e. The van der Waals surface area contributed by atoms with Crippen LogP contribution in [-0.2, 0) is 13.0 Å². The van der Waals surface area contributed by atoms with Crippen molar-refractivity contribution >= 4 is 0 Å². The Labute approximate surface area is 229 Å². The van der Waals surface area contributed by atoms with Gasteiger partial charge < -0.3 is 14.6 Å². The first-order valence-corrected chi connectivity index (χ1v) is 15.3. The molecule has 1 heterocycles. The third-order valence-electron chi connectivity index (χ3n) is 11.1. The van der Waals surface area contributed by atoms with Gasteiger partial charge in [0, 0.05) is 6.54 Å². The number of nitrogens with zero attached hydrogens (tertiary/aromatic N) is 1. The number of likely N-dealkylation sites (tertiary alicyclic amines) is 1. The number of methoxy groups -OCH3 is 1. The largest absolute Gasteiger partial charge is 0.508 e. The maximum Gasteiger partial charge on any atom is 0.161 e. The second-order valence-electron chi connectivity index (χ2n) is 13.1. The zero-order valence-electron chi connectivity index (χ0n) is 23.8. The Morgan fingerprint density at radius 1 is 1.00 bits per heavy atom. The van der Waals surface area contributed by atoms with Crippen LogP contribution in [0.5, 0.6) is 17.2 Å². The zero-order valence-corrected chi connectivity index (χ0v) is 23.8. The van der Waals surface area contributed by atoms with Crippen molar-refractivity contribution in [1.29, 1.82) is 0 Å². The third kappa shape index (κ3) is 4.83. The van der Waals surface area contributed by atoms with E-state index in [1.807, 2.05) is 12.1 Å². The maximum absolute atomic E-state index is 10.1. The van der Waals surface area contributed by atoms with Gasteiger partial charge in [0.15, 0.2) is 11.5 Å². The van der Waals surface area contributed by atoms with Crippen LogP contribution in [0.4, 0.5) is 0 Å². The van der Waals surface area contributed by atoms with Gasteiger partial charge >= 0.3 is 0 Å². The molecule has 1 aliphatic heterocycles. The molecular weight excluding hydrogens is 470 g/mol. The molecule has 4 nitrogen and oxygen atoms in total. The van der Waals surface area contributed by atoms with Crippen LogP contribution in [0.1, 0.15) is 87.8 Å². The fraction of sp³-hybridized carbons (Fsp3) is 0.647. The highest BCUT2D eigenvalue weighted by Crippen LogP contribution is 2.64. The molecule has 0 spiro atoms. The Kier molecular flexibility index (Phi) is 7.37. The lowest BCUT2D eigenvalue weighted by Crippen LogP contribution is -2.45. The molecule has 2 aromatic carbocycles. The number of hydrogen-bond acceptors (Lipinski definition) is 4. The number of benzene rings is 2. The highest BCUT2D eigenvalue weighted by atomic mass is 16.5. The number of phenolic OH excluding ortho intramolecular Hbond substituents is 1. The second kappa shape index (κ2) is 10.8. The van der Waals surface area contributed by atoms with Gasteiger partial charge in [-0.1, -0.05) is 32.4 Å². The quantitative estimate of drug-likeness (QED) is 0.411. The Hall–Kier alpha value is -2.20. The third-order valence-corrected chi connectivity index (χ3v) is 11.1. The molecule has 206 valence electrons. The Morgan fingerprint density at radius 2 is 1.84 bits per heavy atom. The summed E-state index contributed by atoms with van der Waals surface area (Å²) in [5.74, 6) is 5.82. The average Bonchev–Trinajstić information content (AvgIpc) is 3.25. The summed E-state index contributed by atoms with van der Waals surface area (Å²) >= 11 is 0. The number of aromatic hydroxyl groups is 1. The molecule has 2 saturated carbocycles. The van der Waals surface area contributed by atoms with E-state index in [0.717, 1.165) is 55.2 Å². The van der Waals surface area contributed by atoms with Gasteiger partial charge in [0.2, 0.25) is 0 Å². The van der Waals surface area contributed by atoms with Gasteiger partial charge in [-0.05, 0) is 140 Å². The summed E-state index contributed by atoms with van der Waals surface area (Å²) in [7, 11) is 1.76. The second-order valence-corrected chi connectivity index (χ2v) is 13.1. The molecule has 3 aliphatic carbocycles. The molecule has 1 saturated heterocycles. The van der Waals surface area contributed by atoms with Crippen molar-refractivity contribution in [3.8, 4) is 17.2 Å². The van der Waals surface area contributed by atoms with Crippen molar-refractivity contribution in [2.45, 2.75) is 84.1 Å². The summed E-state index contributed by atoms with van der Waals surface area (Å²) in [5, 5.41) is 10.1. The first kappa shape index (κ1) is 26.0. The fourth-order valence-corrected chi connectivity index (χ4v) is 9.16. The van der Waals surface area contributed by atoms with Crippen molar-refractivity contribution in [3.63, 3.8) is 0 Å². The minimum absolute atomic E-state index is 0.412. The Morgan fingerprint density at radius 3 is 2.66 bits per heavy atom. The summed E-state index contributed by atoms with van der Waals surface area (Å²) in [4.78, 5) is 2.56. The van der Waals surface area contributed by atoms with E-state index in [1.165, 1.54) is 74.7 Å². The molecule has 0 aromatic heterocycles. The molecule has 6 atom stereocenters. The molecular formula is C34H47NO3. The van der Waals surface area contributed by atoms with Crippen LogP contribution in [0.2, 0.25) is 0 Å². The highest BCUT2D eigenvalue weighted by Gasteiger charge is 2.55. The first-order valence-electron chi connectivity index (χ1n) is 15.3. The lowest BCUT2D eigenvalue weighted by atomic mass is 9.51. The van der Waals surface area contributed by atoms with Crippen molar-refractivity contribution < 1.29 is 14.6 Å². The number of piperidine rings is 1. The van der Waals surface area contributed by atoms with Crippen molar-refractivity contribution in [2.24, 2.45) is 29.1 Å². The number of hydrogen-bond donors (Lipinski definition) is 1. The number of ether oxygens (including phenoxy) is 2. The number of fused-ring (bicyclic) bond motifs is 5. The van der Waals surface area contributed by atoms with E-state index < -0.39 is 0 Å². The number of phenols is 1. The van der Waals surface area contributed by atoms with E-state index in [0.29, 0.717) is 23.0 Å². The van der Waals surface area contributed by atoms with E-state index in [4.69, 9.17) is 9.47 Å². The molecule has 38 heavy (non-hydrogen) atoms. The predicted octanol–water partition coefficient (Wildman–Crippen LogP) is 7.57. The van der Waals surface area contributed by atoms with Gasteiger partial charge in [-0.3, -0.25) is 4.90 Å². The van der Waals surface area contributed by atoms with Crippen LogP contribution in [-0.4, -0.2) is 36.8 Å². The van der Waals surface area contributed by atoms with Crippen LogP contribution in [0.3, 0.4) is 0 Å². The molecule has 0 radical (unpaired) electrons. The summed E-state index contributed by atoms with van der Waals surface area (Å²) in [6, 6.07) is 12.7. The van der Waals surface area contributed by atoms with Crippen molar-refractivity contribution in [2.75, 3.05) is 26.8 Å². The van der Waals surface area contributed by atoms with Crippen LogP contribution in [0, 0.1) is 29.1 Å². The summed E-state index contributed by atoms with van der Waals surface area (Å²) in [6.45, 7) is 9.25. The van der Waals surface area contributed by atoms with Crippen LogP contribution in [0.15, 0.2) is 36.4 Å². The molecule has 0 bridgehead atoms. The summed E-state index contributed by atoms with van der Waals surface area (Å²) in [5.41, 5.74) is 4.64. The van der Waals surface area contributed by atoms with Gasteiger partial charge in [-0.2, -0.15) is 0 Å². The lowest BCUT2D eigenvalue weighted by Gasteiger charge is -2.53. The normalized spacial score (nSPS) is 32.8. The molecule has 1 N–H and O–H groups in total. The van der Waals surface area contributed by atoms with Gasteiger partial charge in [0.25, 0.3) is 0 Å². The first-order chi connectivity index (χ1) is 18.5. The summed E-state index contributed by atoms with van der Waals surface area (Å²) in [6.07, 6.45) is 11.5. The standard InChI is InChI=1S/C34H47NO3/c1-23-19-25-21-27(36)9-10-28(25)29-13-15-34(2)26(8-11-30(34)33(23)29)14-18-38-31-12-7-24(20-32(31)37-3)22-35-16-5-4-6-17-35/h7,9-10,12,20-21,23,26,29-30,33,36H,4-6,8,11,13-19,22H2,1-3H3/t23-,26?,29?,30?,33?,34?/m1/s1. The minimum Gasteiger partial charge on any atom is -0.508 e. The minimum atomic E-state index is 0.412. The predicted molar refractivity (Wildman–Crippen MR) is 153 cm³/mol. The topological polar surface area (TPSA) is 41.9 Å². The Balaban J connectivity index is 1.09. The van der Waals surface area contributed by atoms with Crippen molar-refractivity contribution in [1.82, 2.24) is 4.90 Å². The van der Waals surface area contributed by atoms with E-state index in [2.05, 4.69) is 43.0 Å². The van der Waals surface area contributed by atoms with Gasteiger partial charge in [0.1, 0.15) is 5.75 Å². The van der Waals surface area contributed by atoms with Crippen LogP contribution in [0.25, 0.3) is 0 Å². The number of rotatable bonds is 7. The van der Waals surface area contributed by atoms with E-state index in [-0.39, 0.29) is 0 Å². The Bertz CT molecular complexity index is 1120. The molecule has 3 fully saturated rings. The monoisotopic (exact) mass is 517 g/mol. The lowest BCUT2D eigenvalue weighted by molar-refractivity contribution is 0.000861. The molecule has 4 heteroatoms. The average molecular weight is 518 g/mol. The van der Waals surface area contributed by atoms with Crippen LogP contribution >= 0.6 is 0 Å². The van der Waals surface area contributed by atoms with Crippen molar-refractivity contribution in [3.05, 3.63) is 53.1 Å². The van der Waals surface area contributed by atoms with E-state index in [1.54, 1.807) is 7.11 Å². The molecule has 5 unspecified atom stereocenters. The fourth-order valence-electron chi connectivity index (χ4n) is 9.16. The molecule has 2 aromatic rings. The van der Waals surface area contributed by atoms with E-state index in [9.17, 15) is 5.11 Å². The van der Waals surface area contributed by atoms with Gasteiger partial charge in [-0.15, -0.1) is 0 Å². The van der Waals surface area contributed by atoms with Gasteiger partial charge in [-0.25, -0.2) is 0 Å². The SMILES string of the molecule is COc1cc(CN2CCCCC2)ccc1OCCC1CCC2C3C(CCC12C)c1ccc(O)cc1C[C@H]3C. The molecule has 4 aliphatic rings. The van der Waals surface area contributed by atoms with E-state index >= 15 is 0 Å². The zero-order chi connectivity index (χ0) is 26.3. The maximum atomic E-state index is 10.1.